The van der Waals surface area contributed by atoms with E-state index in [-0.39, 0.29) is 41.9 Å². The van der Waals surface area contributed by atoms with E-state index in [0.29, 0.717) is 0 Å². The topological polar surface area (TPSA) is 72.8 Å². The summed E-state index contributed by atoms with van der Waals surface area (Å²) in [6.07, 6.45) is 0. The van der Waals surface area contributed by atoms with E-state index in [1.54, 1.807) is 25.1 Å². The van der Waals surface area contributed by atoms with Gasteiger partial charge in [-0.2, -0.15) is 0 Å². The Morgan fingerprint density at radius 1 is 1.38 bits per heavy atom. The third-order valence-corrected chi connectivity index (χ3v) is 2.52. The number of hydrogen-bond acceptors (Lipinski definition) is 4. The molecule has 1 unspecified atom stereocenters. The van der Waals surface area contributed by atoms with Crippen LogP contribution in [0.25, 0.3) is 0 Å². The Labute approximate surface area is 116 Å². The second-order valence-electron chi connectivity index (χ2n) is 2.62. The van der Waals surface area contributed by atoms with Crippen molar-refractivity contribution in [2.45, 2.75) is 6.92 Å². The van der Waals surface area contributed by atoms with E-state index >= 15 is 0 Å². The average Bonchev–Trinajstić information content (AvgIpc) is 2.19. The summed E-state index contributed by atoms with van der Waals surface area (Å²) in [5.74, 6) is 0.149. The number of benzene rings is 1. The van der Waals surface area contributed by atoms with Crippen LogP contribution in [0.15, 0.2) is 30.3 Å². The summed E-state index contributed by atoms with van der Waals surface area (Å²) in [6.45, 7) is 1.57. The molecule has 0 saturated heterocycles. The van der Waals surface area contributed by atoms with Crippen molar-refractivity contribution >= 4 is 13.3 Å². The fourth-order valence-electron chi connectivity index (χ4n) is 0.867. The number of carbonyl (C=O) groups excluding carboxylic acids is 1. The maximum Gasteiger partial charge on any atom is 1.00 e. The van der Waals surface area contributed by atoms with Crippen molar-refractivity contribution in [2.24, 2.45) is 0 Å². The molecule has 0 bridgehead atoms. The van der Waals surface area contributed by atoms with E-state index in [1.165, 1.54) is 12.1 Å². The summed E-state index contributed by atoms with van der Waals surface area (Å²) in [5, 5.41) is 0. The van der Waals surface area contributed by atoms with E-state index < -0.39 is 13.3 Å². The Bertz CT molecular complexity index is 381. The van der Waals surface area contributed by atoms with Gasteiger partial charge in [0.2, 0.25) is 0 Å². The molecule has 82 valence electrons. The second kappa shape index (κ2) is 7.09. The molecule has 1 N–H and O–H groups in total. The summed E-state index contributed by atoms with van der Waals surface area (Å²) in [7, 11) is -4.38. The molecule has 0 saturated carbocycles. The van der Waals surface area contributed by atoms with Crippen LogP contribution in [0.2, 0.25) is 0 Å². The molecule has 5 nitrogen and oxygen atoms in total. The molecule has 0 fully saturated rings. The van der Waals surface area contributed by atoms with Gasteiger partial charge in [0.15, 0.2) is 0 Å². The Morgan fingerprint density at radius 2 is 1.94 bits per heavy atom. The van der Waals surface area contributed by atoms with Crippen molar-refractivity contribution in [1.82, 2.24) is 0 Å². The number of ether oxygens (including phenoxy) is 1. The largest absolute Gasteiger partial charge is 1.00 e. The minimum atomic E-state index is -4.38. The first kappa shape index (κ1) is 15.7. The van der Waals surface area contributed by atoms with Crippen molar-refractivity contribution in [3.05, 3.63) is 30.3 Å². The third kappa shape index (κ3) is 4.68. The van der Waals surface area contributed by atoms with Gasteiger partial charge in [0, 0.05) is 0 Å². The van der Waals surface area contributed by atoms with Crippen molar-refractivity contribution in [3.8, 4) is 5.75 Å². The Kier molecular flexibility index (Phi) is 6.95. The predicted octanol–water partition coefficient (Wildman–Crippen LogP) is -0.589. The molecule has 7 heteroatoms. The zero-order valence-corrected chi connectivity index (χ0v) is 12.0. The monoisotopic (exact) mass is 253 g/mol. The molecule has 0 aliphatic carbocycles. The number of para-hydroxylation sites is 1. The second-order valence-corrected chi connectivity index (χ2v) is 4.21. The van der Waals surface area contributed by atoms with Crippen LogP contribution in [-0.2, 0) is 9.30 Å². The molecule has 0 heterocycles. The molecule has 1 rings (SSSR count). The van der Waals surface area contributed by atoms with Gasteiger partial charge < -0.3 is 14.2 Å². The van der Waals surface area contributed by atoms with E-state index in [2.05, 4.69) is 9.26 Å². The zero-order valence-electron chi connectivity index (χ0n) is 9.12. The SMILES string of the molecule is CCOC(=O)P(=O)(O)Oc1ccccc1.[Na+]. The molecular weight excluding hydrogens is 242 g/mol. The Morgan fingerprint density at radius 3 is 2.44 bits per heavy atom. The van der Waals surface area contributed by atoms with Crippen molar-refractivity contribution in [3.63, 3.8) is 0 Å². The minimum Gasteiger partial charge on any atom is -0.456 e. The third-order valence-electron chi connectivity index (χ3n) is 1.47. The standard InChI is InChI=1S/C9H11O5P.Na/c1-2-13-9(10)15(11,12)14-8-6-4-3-5-7-8;/h3-7H,2H2,1H3,(H,11,12);/q;+1. The van der Waals surface area contributed by atoms with Crippen LogP contribution in [0.5, 0.6) is 5.75 Å². The first-order valence-electron chi connectivity index (χ1n) is 4.31. The molecule has 0 aliphatic rings. The number of carbonyl (C=O) groups is 1. The van der Waals surface area contributed by atoms with E-state index in [0.717, 1.165) is 0 Å². The van der Waals surface area contributed by atoms with Gasteiger partial charge in [-0.25, -0.2) is 9.36 Å². The minimum absolute atomic E-state index is 0. The summed E-state index contributed by atoms with van der Waals surface area (Å²) >= 11 is 0. The van der Waals surface area contributed by atoms with Gasteiger partial charge in [-0.15, -0.1) is 0 Å². The van der Waals surface area contributed by atoms with Crippen molar-refractivity contribution in [1.29, 1.82) is 0 Å². The molecule has 0 radical (unpaired) electrons. The molecular formula is C9H11NaO5P+. The quantitative estimate of drug-likeness (QED) is 0.573. The molecule has 1 aromatic rings. The van der Waals surface area contributed by atoms with Gasteiger partial charge in [0.05, 0.1) is 6.61 Å². The van der Waals surface area contributed by atoms with Gasteiger partial charge in [0.1, 0.15) is 5.75 Å². The van der Waals surface area contributed by atoms with Crippen LogP contribution in [0, 0.1) is 0 Å². The molecule has 1 atom stereocenters. The van der Waals surface area contributed by atoms with Gasteiger partial charge in [-0.3, -0.25) is 0 Å². The number of hydrogen-bond donors (Lipinski definition) is 1. The normalized spacial score (nSPS) is 13.1. The van der Waals surface area contributed by atoms with Crippen molar-refractivity contribution in [2.75, 3.05) is 6.61 Å². The summed E-state index contributed by atoms with van der Waals surface area (Å²) < 4.78 is 20.4. The van der Waals surface area contributed by atoms with Crippen LogP contribution < -0.4 is 34.1 Å². The summed E-state index contributed by atoms with van der Waals surface area (Å²) in [5.41, 5.74) is -1.24. The molecule has 16 heavy (non-hydrogen) atoms. The predicted molar refractivity (Wildman–Crippen MR) is 53.9 cm³/mol. The zero-order chi connectivity index (χ0) is 11.3. The van der Waals surface area contributed by atoms with Gasteiger partial charge in [-0.1, -0.05) is 18.2 Å². The maximum atomic E-state index is 11.3. The van der Waals surface area contributed by atoms with Crippen LogP contribution in [0.4, 0.5) is 4.79 Å². The average molecular weight is 253 g/mol. The van der Waals surface area contributed by atoms with E-state index in [4.69, 9.17) is 0 Å². The van der Waals surface area contributed by atoms with E-state index in [1.807, 2.05) is 0 Å². The fourth-order valence-corrected chi connectivity index (χ4v) is 1.64. The van der Waals surface area contributed by atoms with Gasteiger partial charge >= 0.3 is 42.9 Å². The smallest absolute Gasteiger partial charge is 0.456 e. The van der Waals surface area contributed by atoms with Crippen LogP contribution in [0.1, 0.15) is 6.92 Å². The Balaban J connectivity index is 0.00000225. The first-order chi connectivity index (χ1) is 7.06. The molecule has 0 aliphatic heterocycles. The van der Waals surface area contributed by atoms with E-state index in [9.17, 15) is 14.3 Å². The van der Waals surface area contributed by atoms with Crippen LogP contribution in [0.3, 0.4) is 0 Å². The summed E-state index contributed by atoms with van der Waals surface area (Å²) in [6, 6.07) is 7.92. The molecule has 0 amide bonds. The Hall–Kier alpha value is -0.320. The van der Waals surface area contributed by atoms with Crippen molar-refractivity contribution < 1.29 is 53.1 Å². The van der Waals surface area contributed by atoms with Gasteiger partial charge in [0.25, 0.3) is 0 Å². The van der Waals surface area contributed by atoms with Crippen LogP contribution in [-0.4, -0.2) is 17.2 Å². The summed E-state index contributed by atoms with van der Waals surface area (Å²) in [4.78, 5) is 20.2. The number of rotatable bonds is 4. The molecule has 1 aromatic carbocycles. The van der Waals surface area contributed by atoms with Crippen LogP contribution >= 0.6 is 7.60 Å². The molecule has 0 aromatic heterocycles. The maximum absolute atomic E-state index is 11.3. The molecule has 0 spiro atoms. The first-order valence-corrected chi connectivity index (χ1v) is 5.89. The van der Waals surface area contributed by atoms with Gasteiger partial charge in [-0.05, 0) is 19.1 Å². The fraction of sp³-hybridized carbons (Fsp3) is 0.222.